The lowest BCUT2D eigenvalue weighted by molar-refractivity contribution is -0.0000580. The van der Waals surface area contributed by atoms with Crippen LogP contribution in [0.4, 0.5) is 0 Å². The van der Waals surface area contributed by atoms with Crippen molar-refractivity contribution in [3.05, 3.63) is 12.3 Å². The molecular formula is C9H13O. The molecule has 1 aliphatic carbocycles. The van der Waals surface area contributed by atoms with Crippen LogP contribution >= 0.6 is 0 Å². The number of hydrogen-bond donors (Lipinski definition) is 0. The van der Waals surface area contributed by atoms with Gasteiger partial charge in [-0.15, -0.1) is 0 Å². The second-order valence-corrected chi connectivity index (χ2v) is 3.37. The van der Waals surface area contributed by atoms with E-state index in [1.165, 1.54) is 32.1 Å². The molecule has 1 saturated carbocycles. The van der Waals surface area contributed by atoms with Gasteiger partial charge in [0.2, 0.25) is 0 Å². The minimum absolute atomic E-state index is 0.207. The maximum Gasteiger partial charge on any atom is 0.157 e. The molecule has 0 aromatic carbocycles. The topological polar surface area (TPSA) is 9.23 Å². The molecular weight excluding hydrogens is 124 g/mol. The highest BCUT2D eigenvalue weighted by atomic mass is 16.5. The predicted molar refractivity (Wildman–Crippen MR) is 39.3 cm³/mol. The van der Waals surface area contributed by atoms with Crippen molar-refractivity contribution >= 4 is 0 Å². The van der Waals surface area contributed by atoms with Crippen LogP contribution in [0.2, 0.25) is 0 Å². The summed E-state index contributed by atoms with van der Waals surface area (Å²) in [6.07, 6.45) is 12.6. The SMILES string of the molecule is [C]1=CCC2(CCCCC2)O1. The summed E-state index contributed by atoms with van der Waals surface area (Å²) in [5, 5.41) is 0. The van der Waals surface area contributed by atoms with Crippen molar-refractivity contribution in [1.82, 2.24) is 0 Å². The van der Waals surface area contributed by atoms with Crippen molar-refractivity contribution in [3.8, 4) is 0 Å². The van der Waals surface area contributed by atoms with Crippen LogP contribution in [0.15, 0.2) is 6.08 Å². The summed E-state index contributed by atoms with van der Waals surface area (Å²) in [4.78, 5) is 0. The van der Waals surface area contributed by atoms with Crippen LogP contribution in [0.3, 0.4) is 0 Å². The summed E-state index contributed by atoms with van der Waals surface area (Å²) in [5.74, 6) is 0. The molecule has 1 spiro atoms. The van der Waals surface area contributed by atoms with Gasteiger partial charge in [0.1, 0.15) is 5.60 Å². The van der Waals surface area contributed by atoms with Gasteiger partial charge in [-0.1, -0.05) is 6.42 Å². The molecule has 1 radical (unpaired) electrons. The third-order valence-corrected chi connectivity index (χ3v) is 2.60. The summed E-state index contributed by atoms with van der Waals surface area (Å²) < 4.78 is 5.48. The van der Waals surface area contributed by atoms with E-state index in [-0.39, 0.29) is 5.60 Å². The van der Waals surface area contributed by atoms with Crippen LogP contribution in [0.25, 0.3) is 0 Å². The Hall–Kier alpha value is -0.460. The van der Waals surface area contributed by atoms with Crippen molar-refractivity contribution in [2.75, 3.05) is 0 Å². The fraction of sp³-hybridized carbons (Fsp3) is 0.778. The molecule has 0 amide bonds. The van der Waals surface area contributed by atoms with Crippen LogP contribution in [0, 0.1) is 6.26 Å². The van der Waals surface area contributed by atoms with Gasteiger partial charge in [-0.05, 0) is 31.8 Å². The summed E-state index contributed by atoms with van der Waals surface area (Å²) in [6, 6.07) is 0. The van der Waals surface area contributed by atoms with E-state index < -0.39 is 0 Å². The zero-order chi connectivity index (χ0) is 6.86. The third kappa shape index (κ3) is 0.938. The second kappa shape index (κ2) is 2.30. The zero-order valence-electron chi connectivity index (χ0n) is 6.23. The third-order valence-electron chi connectivity index (χ3n) is 2.60. The normalized spacial score (nSPS) is 28.8. The van der Waals surface area contributed by atoms with E-state index in [2.05, 4.69) is 6.26 Å². The highest BCUT2D eigenvalue weighted by molar-refractivity contribution is 4.96. The first-order chi connectivity index (χ1) is 4.91. The van der Waals surface area contributed by atoms with Gasteiger partial charge in [0, 0.05) is 6.42 Å². The Morgan fingerprint density at radius 3 is 2.60 bits per heavy atom. The molecule has 1 heteroatoms. The van der Waals surface area contributed by atoms with E-state index >= 15 is 0 Å². The van der Waals surface area contributed by atoms with Gasteiger partial charge in [0.15, 0.2) is 6.26 Å². The Balaban J connectivity index is 2.00. The average Bonchev–Trinajstić information content (AvgIpc) is 2.39. The second-order valence-electron chi connectivity index (χ2n) is 3.37. The maximum absolute atomic E-state index is 5.48. The van der Waals surface area contributed by atoms with E-state index in [0.29, 0.717) is 0 Å². The molecule has 55 valence electrons. The van der Waals surface area contributed by atoms with E-state index in [1.54, 1.807) is 0 Å². The van der Waals surface area contributed by atoms with Gasteiger partial charge in [-0.3, -0.25) is 0 Å². The molecule has 0 aromatic heterocycles. The summed E-state index contributed by atoms with van der Waals surface area (Å²) >= 11 is 0. The summed E-state index contributed by atoms with van der Waals surface area (Å²) in [6.45, 7) is 0. The molecule has 0 saturated heterocycles. The van der Waals surface area contributed by atoms with Gasteiger partial charge in [-0.25, -0.2) is 0 Å². The smallest absolute Gasteiger partial charge is 0.157 e. The lowest BCUT2D eigenvalue weighted by Crippen LogP contribution is -2.30. The lowest BCUT2D eigenvalue weighted by atomic mass is 9.83. The summed E-state index contributed by atoms with van der Waals surface area (Å²) in [7, 11) is 0. The van der Waals surface area contributed by atoms with Crippen molar-refractivity contribution in [3.63, 3.8) is 0 Å². The quantitative estimate of drug-likeness (QED) is 0.498. The van der Waals surface area contributed by atoms with Crippen LogP contribution in [0.5, 0.6) is 0 Å². The number of ether oxygens (including phenoxy) is 1. The largest absolute Gasteiger partial charge is 0.483 e. The van der Waals surface area contributed by atoms with Crippen molar-refractivity contribution in [1.29, 1.82) is 0 Å². The Kier molecular flexibility index (Phi) is 1.44. The first kappa shape index (κ1) is 6.26. The lowest BCUT2D eigenvalue weighted by Gasteiger charge is -2.31. The summed E-state index contributed by atoms with van der Waals surface area (Å²) in [5.41, 5.74) is 0.207. The Bertz CT molecular complexity index is 133. The Morgan fingerprint density at radius 2 is 2.00 bits per heavy atom. The highest BCUT2D eigenvalue weighted by Crippen LogP contribution is 2.37. The van der Waals surface area contributed by atoms with Crippen molar-refractivity contribution in [2.24, 2.45) is 0 Å². The van der Waals surface area contributed by atoms with Crippen LogP contribution in [-0.2, 0) is 4.74 Å². The molecule has 0 N–H and O–H groups in total. The van der Waals surface area contributed by atoms with Gasteiger partial charge in [0.05, 0.1) is 0 Å². The maximum atomic E-state index is 5.48. The van der Waals surface area contributed by atoms with Gasteiger partial charge >= 0.3 is 0 Å². The van der Waals surface area contributed by atoms with E-state index in [4.69, 9.17) is 4.74 Å². The highest BCUT2D eigenvalue weighted by Gasteiger charge is 2.34. The minimum atomic E-state index is 0.207. The molecule has 0 aromatic rings. The van der Waals surface area contributed by atoms with Crippen LogP contribution < -0.4 is 0 Å². The fourth-order valence-corrected chi connectivity index (χ4v) is 1.94. The molecule has 1 aliphatic heterocycles. The number of hydrogen-bond acceptors (Lipinski definition) is 1. The number of rotatable bonds is 0. The first-order valence-electron chi connectivity index (χ1n) is 4.17. The van der Waals surface area contributed by atoms with E-state index in [1.807, 2.05) is 6.08 Å². The van der Waals surface area contributed by atoms with Crippen molar-refractivity contribution in [2.45, 2.75) is 44.1 Å². The molecule has 0 bridgehead atoms. The molecule has 2 rings (SSSR count). The van der Waals surface area contributed by atoms with E-state index in [0.717, 1.165) is 6.42 Å². The standard InChI is InChI=1S/C9H13O/c1-2-5-9(6-3-1)7-4-8-10-9/h4H,1-3,5-7H2. The average molecular weight is 137 g/mol. The van der Waals surface area contributed by atoms with E-state index in [9.17, 15) is 0 Å². The predicted octanol–water partition coefficient (Wildman–Crippen LogP) is 2.43. The monoisotopic (exact) mass is 137 g/mol. The molecule has 1 nitrogen and oxygen atoms in total. The Morgan fingerprint density at radius 1 is 1.20 bits per heavy atom. The molecule has 1 heterocycles. The molecule has 2 aliphatic rings. The zero-order valence-corrected chi connectivity index (χ0v) is 6.23. The molecule has 1 fully saturated rings. The van der Waals surface area contributed by atoms with Crippen molar-refractivity contribution < 1.29 is 4.74 Å². The van der Waals surface area contributed by atoms with Gasteiger partial charge < -0.3 is 4.74 Å². The first-order valence-corrected chi connectivity index (χ1v) is 4.17. The van der Waals surface area contributed by atoms with Crippen LogP contribution in [-0.4, -0.2) is 5.60 Å². The molecule has 0 atom stereocenters. The fourth-order valence-electron chi connectivity index (χ4n) is 1.94. The molecule has 10 heavy (non-hydrogen) atoms. The minimum Gasteiger partial charge on any atom is -0.483 e. The van der Waals surface area contributed by atoms with Crippen LogP contribution in [0.1, 0.15) is 38.5 Å². The van der Waals surface area contributed by atoms with Gasteiger partial charge in [-0.2, -0.15) is 0 Å². The van der Waals surface area contributed by atoms with Gasteiger partial charge in [0.25, 0.3) is 0 Å². The Labute approximate surface area is 62.1 Å². The molecule has 0 unspecified atom stereocenters.